The maximum absolute atomic E-state index is 12.4. The third kappa shape index (κ3) is 3.10. The Morgan fingerprint density at radius 1 is 1.29 bits per heavy atom. The van der Waals surface area contributed by atoms with Gasteiger partial charge < -0.3 is 10.4 Å². The maximum atomic E-state index is 12.4. The van der Waals surface area contributed by atoms with Gasteiger partial charge in [-0.25, -0.2) is 4.79 Å². The number of hydrogen-bond donors (Lipinski definition) is 2. The highest BCUT2D eigenvalue weighted by molar-refractivity contribution is 5.99. The molecule has 0 aliphatic heterocycles. The molecule has 0 spiro atoms. The molecular weight excluding hydrogens is 270 g/mol. The van der Waals surface area contributed by atoms with Crippen LogP contribution >= 0.6 is 0 Å². The smallest absolute Gasteiger partial charge is 0.331 e. The van der Waals surface area contributed by atoms with Gasteiger partial charge in [0.05, 0.1) is 6.20 Å². The fraction of sp³-hybridized carbons (Fsp3) is 0.267. The van der Waals surface area contributed by atoms with E-state index in [-0.39, 0.29) is 0 Å². The van der Waals surface area contributed by atoms with Gasteiger partial charge in [0.2, 0.25) is 0 Å². The van der Waals surface area contributed by atoms with Crippen LogP contribution in [0.1, 0.15) is 33.1 Å². The molecule has 0 fully saturated rings. The molecule has 1 heterocycles. The summed E-state index contributed by atoms with van der Waals surface area (Å²) < 4.78 is 1.50. The minimum atomic E-state index is -1.12. The molecule has 1 amide bonds. The molecule has 0 saturated carbocycles. The molecule has 1 aromatic heterocycles. The minimum Gasteiger partial charge on any atom is -0.479 e. The van der Waals surface area contributed by atoms with E-state index in [0.29, 0.717) is 11.1 Å². The number of amides is 1. The zero-order valence-electron chi connectivity index (χ0n) is 12.1. The lowest BCUT2D eigenvalue weighted by molar-refractivity contribution is -0.139. The summed E-state index contributed by atoms with van der Waals surface area (Å²) in [7, 11) is 1.69. The van der Waals surface area contributed by atoms with E-state index in [0.717, 1.165) is 11.1 Å². The van der Waals surface area contributed by atoms with Crippen molar-refractivity contribution in [3.8, 4) is 0 Å². The van der Waals surface area contributed by atoms with Gasteiger partial charge in [0, 0.05) is 24.4 Å². The molecule has 1 aromatic carbocycles. The maximum Gasteiger partial charge on any atom is 0.331 e. The molecule has 1 atom stereocenters. The van der Waals surface area contributed by atoms with E-state index < -0.39 is 17.9 Å². The average molecular weight is 287 g/mol. The van der Waals surface area contributed by atoms with Crippen molar-refractivity contribution >= 4 is 11.9 Å². The van der Waals surface area contributed by atoms with Crippen molar-refractivity contribution in [2.75, 3.05) is 0 Å². The van der Waals surface area contributed by atoms with E-state index in [2.05, 4.69) is 10.4 Å². The van der Waals surface area contributed by atoms with Gasteiger partial charge in [-0.1, -0.05) is 18.2 Å². The number of rotatable bonds is 4. The van der Waals surface area contributed by atoms with Crippen LogP contribution in [0.15, 0.2) is 30.6 Å². The SMILES string of the molecule is Cc1cccc(C)c1C(=O)NC(C(=O)O)c1cnn(C)c1. The second kappa shape index (κ2) is 5.78. The predicted octanol–water partition coefficient (Wildman–Crippen LogP) is 1.59. The van der Waals surface area contributed by atoms with Crippen LogP contribution in [0.25, 0.3) is 0 Å². The topological polar surface area (TPSA) is 84.2 Å². The summed E-state index contributed by atoms with van der Waals surface area (Å²) in [5.74, 6) is -1.52. The number of aryl methyl sites for hydroxylation is 3. The van der Waals surface area contributed by atoms with Gasteiger partial charge in [0.25, 0.3) is 5.91 Å². The number of carbonyl (C=O) groups excluding carboxylic acids is 1. The average Bonchev–Trinajstić information content (AvgIpc) is 2.81. The molecule has 0 bridgehead atoms. The molecule has 0 radical (unpaired) electrons. The number of benzene rings is 1. The normalized spacial score (nSPS) is 12.0. The Kier molecular flexibility index (Phi) is 4.07. The summed E-state index contributed by atoms with van der Waals surface area (Å²) in [5.41, 5.74) is 2.56. The van der Waals surface area contributed by atoms with Gasteiger partial charge in [-0.3, -0.25) is 9.48 Å². The number of hydrogen-bond acceptors (Lipinski definition) is 3. The number of carbonyl (C=O) groups is 2. The first-order chi connectivity index (χ1) is 9.90. The monoisotopic (exact) mass is 287 g/mol. The third-order valence-corrected chi connectivity index (χ3v) is 3.29. The summed E-state index contributed by atoms with van der Waals surface area (Å²) >= 11 is 0. The zero-order valence-corrected chi connectivity index (χ0v) is 12.1. The molecule has 1 unspecified atom stereocenters. The molecule has 2 N–H and O–H groups in total. The van der Waals surface area contributed by atoms with Crippen molar-refractivity contribution in [3.05, 3.63) is 52.8 Å². The molecule has 110 valence electrons. The van der Waals surface area contributed by atoms with Gasteiger partial charge in [-0.2, -0.15) is 5.10 Å². The third-order valence-electron chi connectivity index (χ3n) is 3.29. The largest absolute Gasteiger partial charge is 0.479 e. The van der Waals surface area contributed by atoms with Crippen molar-refractivity contribution in [1.82, 2.24) is 15.1 Å². The van der Waals surface area contributed by atoms with Crippen LogP contribution in [-0.4, -0.2) is 26.8 Å². The highest BCUT2D eigenvalue weighted by Gasteiger charge is 2.25. The van der Waals surface area contributed by atoms with Crippen molar-refractivity contribution in [1.29, 1.82) is 0 Å². The van der Waals surface area contributed by atoms with Crippen LogP contribution in [0.5, 0.6) is 0 Å². The molecular formula is C15H17N3O3. The standard InChI is InChI=1S/C15H17N3O3/c1-9-5-4-6-10(2)12(9)14(19)17-13(15(20)21)11-7-16-18(3)8-11/h4-8,13H,1-3H3,(H,17,19)(H,20,21). The molecule has 0 aliphatic rings. The van der Waals surface area contributed by atoms with E-state index in [1.54, 1.807) is 13.2 Å². The Labute approximate surface area is 122 Å². The molecule has 6 heteroatoms. The van der Waals surface area contributed by atoms with Crippen molar-refractivity contribution < 1.29 is 14.7 Å². The first-order valence-electron chi connectivity index (χ1n) is 6.48. The Balaban J connectivity index is 2.29. The fourth-order valence-electron chi connectivity index (χ4n) is 2.25. The summed E-state index contributed by atoms with van der Waals surface area (Å²) in [4.78, 5) is 23.8. The lowest BCUT2D eigenvalue weighted by Crippen LogP contribution is -2.34. The van der Waals surface area contributed by atoms with Crippen molar-refractivity contribution in [2.24, 2.45) is 7.05 Å². The number of carboxylic acids is 1. The van der Waals surface area contributed by atoms with Gasteiger partial charge in [0.1, 0.15) is 0 Å². The zero-order chi connectivity index (χ0) is 15.6. The predicted molar refractivity (Wildman–Crippen MR) is 77.0 cm³/mol. The van der Waals surface area contributed by atoms with Crippen LogP contribution in [0.2, 0.25) is 0 Å². The summed E-state index contributed by atoms with van der Waals surface area (Å²) in [6, 6.07) is 4.38. The summed E-state index contributed by atoms with van der Waals surface area (Å²) in [6.45, 7) is 3.64. The summed E-state index contributed by atoms with van der Waals surface area (Å²) in [5, 5.41) is 15.8. The Hall–Kier alpha value is -2.63. The number of nitrogens with one attached hydrogen (secondary N) is 1. The quantitative estimate of drug-likeness (QED) is 0.894. The van der Waals surface area contributed by atoms with Gasteiger partial charge in [-0.05, 0) is 25.0 Å². The van der Waals surface area contributed by atoms with E-state index in [9.17, 15) is 14.7 Å². The fourth-order valence-corrected chi connectivity index (χ4v) is 2.25. The van der Waals surface area contributed by atoms with Gasteiger partial charge >= 0.3 is 5.97 Å². The van der Waals surface area contributed by atoms with Crippen LogP contribution in [0, 0.1) is 13.8 Å². The first kappa shape index (κ1) is 14.8. The first-order valence-corrected chi connectivity index (χ1v) is 6.48. The number of aliphatic carboxylic acids is 1. The van der Waals surface area contributed by atoms with Crippen LogP contribution in [0.3, 0.4) is 0 Å². The molecule has 0 aliphatic carbocycles. The van der Waals surface area contributed by atoms with E-state index in [4.69, 9.17) is 0 Å². The number of nitrogens with zero attached hydrogens (tertiary/aromatic N) is 2. The van der Waals surface area contributed by atoms with E-state index in [1.807, 2.05) is 32.0 Å². The molecule has 2 rings (SSSR count). The second-order valence-corrected chi connectivity index (χ2v) is 4.96. The summed E-state index contributed by atoms with van der Waals surface area (Å²) in [6.07, 6.45) is 3.01. The Bertz CT molecular complexity index is 671. The van der Waals surface area contributed by atoms with Crippen LogP contribution in [0.4, 0.5) is 0 Å². The van der Waals surface area contributed by atoms with Crippen LogP contribution < -0.4 is 5.32 Å². The molecule has 21 heavy (non-hydrogen) atoms. The molecule has 6 nitrogen and oxygen atoms in total. The lowest BCUT2D eigenvalue weighted by atomic mass is 10.0. The van der Waals surface area contributed by atoms with E-state index in [1.165, 1.54) is 10.9 Å². The Morgan fingerprint density at radius 2 is 1.90 bits per heavy atom. The minimum absolute atomic E-state index is 0.401. The highest BCUT2D eigenvalue weighted by atomic mass is 16.4. The molecule has 2 aromatic rings. The number of aromatic nitrogens is 2. The second-order valence-electron chi connectivity index (χ2n) is 4.96. The van der Waals surface area contributed by atoms with E-state index >= 15 is 0 Å². The highest BCUT2D eigenvalue weighted by Crippen LogP contribution is 2.17. The number of carboxylic acid groups (broad SMARTS) is 1. The van der Waals surface area contributed by atoms with Crippen molar-refractivity contribution in [2.45, 2.75) is 19.9 Å². The lowest BCUT2D eigenvalue weighted by Gasteiger charge is -2.15. The van der Waals surface area contributed by atoms with Crippen molar-refractivity contribution in [3.63, 3.8) is 0 Å². The molecule has 0 saturated heterocycles. The Morgan fingerprint density at radius 3 is 2.38 bits per heavy atom. The van der Waals surface area contributed by atoms with Crippen LogP contribution in [-0.2, 0) is 11.8 Å². The van der Waals surface area contributed by atoms with Gasteiger partial charge in [-0.15, -0.1) is 0 Å². The van der Waals surface area contributed by atoms with Gasteiger partial charge in [0.15, 0.2) is 6.04 Å².